The summed E-state index contributed by atoms with van der Waals surface area (Å²) in [6.07, 6.45) is 7.70. The van der Waals surface area contributed by atoms with Gasteiger partial charge in [-0.25, -0.2) is 13.2 Å². The first-order valence-electron chi connectivity index (χ1n) is 15.0. The summed E-state index contributed by atoms with van der Waals surface area (Å²) in [6, 6.07) is 7.25. The molecule has 8 nitrogen and oxygen atoms in total. The summed E-state index contributed by atoms with van der Waals surface area (Å²) in [6.45, 7) is 7.06. The third-order valence-corrected chi connectivity index (χ3v) is 9.65. The molecule has 3 aliphatic heterocycles. The van der Waals surface area contributed by atoms with Crippen LogP contribution in [0.1, 0.15) is 32.1 Å². The van der Waals surface area contributed by atoms with Gasteiger partial charge in [-0.3, -0.25) is 14.7 Å². The lowest BCUT2D eigenvalue weighted by Crippen LogP contribution is -2.43. The SMILES string of the molecule is C=CC(=O)N1CC[C@@H](N(C)c2nc(OCC34CCCN3CCC4)nc3c(F)c(-c4cccc5ccc(F)c(F)c45)ncc23)C1. The number of fused-ring (bicyclic) bond motifs is 3. The van der Waals surface area contributed by atoms with E-state index in [0.717, 1.165) is 44.8 Å². The van der Waals surface area contributed by atoms with Crippen LogP contribution in [0.15, 0.2) is 49.2 Å². The minimum absolute atomic E-state index is 0.0279. The van der Waals surface area contributed by atoms with Crippen LogP contribution >= 0.6 is 0 Å². The molecule has 0 spiro atoms. The summed E-state index contributed by atoms with van der Waals surface area (Å²) in [7, 11) is 1.85. The Morgan fingerprint density at radius 3 is 2.68 bits per heavy atom. The summed E-state index contributed by atoms with van der Waals surface area (Å²) in [5.41, 5.74) is -0.130. The molecule has 0 aliphatic carbocycles. The van der Waals surface area contributed by atoms with E-state index in [1.807, 2.05) is 11.9 Å². The number of rotatable bonds is 7. The third kappa shape index (κ3) is 4.65. The average Bonchev–Trinajstić information content (AvgIpc) is 3.78. The molecule has 4 aromatic rings. The molecule has 44 heavy (non-hydrogen) atoms. The largest absolute Gasteiger partial charge is 0.461 e. The summed E-state index contributed by atoms with van der Waals surface area (Å²) < 4.78 is 52.2. The van der Waals surface area contributed by atoms with Gasteiger partial charge in [0.05, 0.1) is 10.9 Å². The number of hydrogen-bond donors (Lipinski definition) is 0. The van der Waals surface area contributed by atoms with Gasteiger partial charge in [0.2, 0.25) is 5.91 Å². The van der Waals surface area contributed by atoms with Gasteiger partial charge >= 0.3 is 6.01 Å². The molecule has 5 heterocycles. The van der Waals surface area contributed by atoms with Crippen molar-refractivity contribution >= 4 is 33.4 Å². The molecule has 0 N–H and O–H groups in total. The van der Waals surface area contributed by atoms with Crippen LogP contribution in [0.25, 0.3) is 32.9 Å². The number of carbonyl (C=O) groups excluding carboxylic acids is 1. The molecule has 0 bridgehead atoms. The maximum absolute atomic E-state index is 16.6. The van der Waals surface area contributed by atoms with Crippen molar-refractivity contribution in [1.29, 1.82) is 0 Å². The normalized spacial score (nSPS) is 19.5. The molecule has 0 saturated carbocycles. The second kappa shape index (κ2) is 11.0. The lowest BCUT2D eigenvalue weighted by atomic mass is 9.95. The van der Waals surface area contributed by atoms with Gasteiger partial charge in [-0.05, 0) is 62.7 Å². The number of likely N-dealkylation sites (tertiary alicyclic amines) is 1. The smallest absolute Gasteiger partial charge is 0.319 e. The van der Waals surface area contributed by atoms with Crippen molar-refractivity contribution in [2.24, 2.45) is 0 Å². The Kier molecular flexibility index (Phi) is 7.15. The zero-order valence-corrected chi connectivity index (χ0v) is 24.5. The van der Waals surface area contributed by atoms with Crippen molar-refractivity contribution in [1.82, 2.24) is 24.8 Å². The predicted molar refractivity (Wildman–Crippen MR) is 162 cm³/mol. The van der Waals surface area contributed by atoms with Crippen LogP contribution in [0.5, 0.6) is 6.01 Å². The van der Waals surface area contributed by atoms with E-state index in [1.165, 1.54) is 24.4 Å². The van der Waals surface area contributed by atoms with E-state index in [4.69, 9.17) is 9.72 Å². The number of amides is 1. The zero-order valence-electron chi connectivity index (χ0n) is 24.5. The molecule has 2 aromatic carbocycles. The van der Waals surface area contributed by atoms with Crippen LogP contribution in [-0.4, -0.2) is 82.1 Å². The molecule has 228 valence electrons. The van der Waals surface area contributed by atoms with Crippen LogP contribution in [0, 0.1) is 17.5 Å². The highest BCUT2D eigenvalue weighted by molar-refractivity contribution is 5.99. The highest BCUT2D eigenvalue weighted by Gasteiger charge is 2.45. The summed E-state index contributed by atoms with van der Waals surface area (Å²) in [5, 5.41) is 0.718. The molecule has 3 saturated heterocycles. The molecule has 0 radical (unpaired) electrons. The molecular weight excluding hydrogens is 569 g/mol. The summed E-state index contributed by atoms with van der Waals surface area (Å²) in [5.74, 6) is -2.60. The Morgan fingerprint density at radius 1 is 1.11 bits per heavy atom. The number of ether oxygens (including phenoxy) is 1. The number of hydrogen-bond acceptors (Lipinski definition) is 7. The summed E-state index contributed by atoms with van der Waals surface area (Å²) >= 11 is 0. The van der Waals surface area contributed by atoms with Crippen LogP contribution in [0.2, 0.25) is 0 Å². The van der Waals surface area contributed by atoms with Crippen molar-refractivity contribution in [3.05, 3.63) is 66.6 Å². The van der Waals surface area contributed by atoms with Gasteiger partial charge in [-0.2, -0.15) is 9.97 Å². The Labute approximate surface area is 253 Å². The molecular formula is C33H33F3N6O2. The van der Waals surface area contributed by atoms with Gasteiger partial charge in [-0.15, -0.1) is 0 Å². The molecule has 7 rings (SSSR count). The number of pyridine rings is 1. The minimum atomic E-state index is -1.07. The van der Waals surface area contributed by atoms with Gasteiger partial charge < -0.3 is 14.5 Å². The Bertz CT molecular complexity index is 1790. The number of nitrogens with zero attached hydrogens (tertiary/aromatic N) is 6. The Balaban J connectivity index is 1.33. The van der Waals surface area contributed by atoms with Gasteiger partial charge in [0.25, 0.3) is 0 Å². The van der Waals surface area contributed by atoms with E-state index in [-0.39, 0.29) is 45.7 Å². The topological polar surface area (TPSA) is 74.7 Å². The van der Waals surface area contributed by atoms with Crippen molar-refractivity contribution in [3.63, 3.8) is 0 Å². The number of carbonyl (C=O) groups is 1. The van der Waals surface area contributed by atoms with E-state index in [9.17, 15) is 9.18 Å². The first kappa shape index (κ1) is 28.5. The van der Waals surface area contributed by atoms with Crippen molar-refractivity contribution in [2.75, 3.05) is 44.7 Å². The number of halogens is 3. The van der Waals surface area contributed by atoms with Gasteiger partial charge in [0.15, 0.2) is 17.5 Å². The highest BCUT2D eigenvalue weighted by atomic mass is 19.2. The standard InChI is InChI=1S/C33H33F3N6O2/c1-3-25(43)41-16-11-21(18-41)40(2)31-23-17-37-29(22-8-4-7-20-9-10-24(34)27(35)26(20)22)28(36)30(23)38-32(39-31)44-19-33-12-5-14-42(33)15-6-13-33/h3-4,7-10,17,21H,1,5-6,11-16,18-19H2,2H3/t21-/m1/s1. The highest BCUT2D eigenvalue weighted by Crippen LogP contribution is 2.40. The third-order valence-electron chi connectivity index (χ3n) is 9.65. The van der Waals surface area contributed by atoms with E-state index in [1.54, 1.807) is 17.0 Å². The maximum atomic E-state index is 16.6. The van der Waals surface area contributed by atoms with Crippen LogP contribution in [0.3, 0.4) is 0 Å². The van der Waals surface area contributed by atoms with E-state index in [2.05, 4.69) is 21.4 Å². The van der Waals surface area contributed by atoms with Crippen molar-refractivity contribution in [2.45, 2.75) is 43.7 Å². The average molecular weight is 603 g/mol. The fraction of sp³-hybridized carbons (Fsp3) is 0.394. The van der Waals surface area contributed by atoms with Gasteiger partial charge in [0.1, 0.15) is 23.6 Å². The number of anilines is 1. The fourth-order valence-corrected chi connectivity index (χ4v) is 7.27. The second-order valence-electron chi connectivity index (χ2n) is 12.0. The van der Waals surface area contributed by atoms with E-state index in [0.29, 0.717) is 42.7 Å². The first-order chi connectivity index (χ1) is 21.3. The fourth-order valence-electron chi connectivity index (χ4n) is 7.27. The predicted octanol–water partition coefficient (Wildman–Crippen LogP) is 5.49. The number of aromatic nitrogens is 3. The lowest BCUT2D eigenvalue weighted by Gasteiger charge is -2.31. The van der Waals surface area contributed by atoms with Crippen molar-refractivity contribution < 1.29 is 22.7 Å². The van der Waals surface area contributed by atoms with Gasteiger partial charge in [-0.1, -0.05) is 30.8 Å². The second-order valence-corrected chi connectivity index (χ2v) is 12.0. The molecule has 1 atom stereocenters. The molecule has 3 fully saturated rings. The zero-order chi connectivity index (χ0) is 30.6. The molecule has 0 unspecified atom stereocenters. The number of benzene rings is 2. The lowest BCUT2D eigenvalue weighted by molar-refractivity contribution is -0.125. The van der Waals surface area contributed by atoms with E-state index >= 15 is 8.78 Å². The Morgan fingerprint density at radius 2 is 1.91 bits per heavy atom. The molecule has 11 heteroatoms. The van der Waals surface area contributed by atoms with Gasteiger partial charge in [0, 0.05) is 43.3 Å². The van der Waals surface area contributed by atoms with Crippen LogP contribution in [0.4, 0.5) is 19.0 Å². The summed E-state index contributed by atoms with van der Waals surface area (Å²) in [4.78, 5) is 32.1. The molecule has 3 aliphatic rings. The Hall–Kier alpha value is -4.25. The molecule has 2 aromatic heterocycles. The molecule has 1 amide bonds. The minimum Gasteiger partial charge on any atom is -0.461 e. The first-order valence-corrected chi connectivity index (χ1v) is 15.0. The quantitative estimate of drug-likeness (QED) is 0.259. The maximum Gasteiger partial charge on any atom is 0.319 e. The monoisotopic (exact) mass is 602 g/mol. The van der Waals surface area contributed by atoms with Crippen LogP contribution < -0.4 is 9.64 Å². The number of likely N-dealkylation sites (N-methyl/N-ethyl adjacent to an activating group) is 1. The van der Waals surface area contributed by atoms with E-state index < -0.39 is 17.5 Å². The van der Waals surface area contributed by atoms with Crippen molar-refractivity contribution in [3.8, 4) is 17.3 Å². The van der Waals surface area contributed by atoms with Crippen LogP contribution in [-0.2, 0) is 4.79 Å².